The number of aromatic hydroxyl groups is 1. The number of anilines is 2. The number of aromatic amines is 1. The Morgan fingerprint density at radius 3 is 2.52 bits per heavy atom. The highest BCUT2D eigenvalue weighted by Crippen LogP contribution is 2.35. The second-order valence-corrected chi connectivity index (χ2v) is 12.5. The van der Waals surface area contributed by atoms with Gasteiger partial charge in [0.05, 0.1) is 22.0 Å². The Morgan fingerprint density at radius 1 is 0.957 bits per heavy atom. The highest BCUT2D eigenvalue weighted by atomic mass is 32.2. The summed E-state index contributed by atoms with van der Waals surface area (Å²) in [5.41, 5.74) is 4.20. The number of aryl methyl sites for hydroxylation is 1. The summed E-state index contributed by atoms with van der Waals surface area (Å²) in [4.78, 5) is 26.0. The third-order valence-corrected chi connectivity index (χ3v) is 9.11. The van der Waals surface area contributed by atoms with E-state index in [1.54, 1.807) is 39.7 Å². The van der Waals surface area contributed by atoms with E-state index in [1.807, 2.05) is 56.3 Å². The third-order valence-electron chi connectivity index (χ3n) is 7.71. The Kier molecular flexibility index (Phi) is 7.01. The number of sulfonamides is 1. The second kappa shape index (κ2) is 11.2. The topological polar surface area (TPSA) is 159 Å². The van der Waals surface area contributed by atoms with Crippen molar-refractivity contribution in [3.63, 3.8) is 0 Å². The Balaban J connectivity index is 1.27. The van der Waals surface area contributed by atoms with E-state index < -0.39 is 16.1 Å². The lowest BCUT2D eigenvalue weighted by atomic mass is 10.1. The summed E-state index contributed by atoms with van der Waals surface area (Å²) < 4.78 is 31.8. The fraction of sp³-hybridized carbons (Fsp3) is 0.0909. The molecule has 1 unspecified atom stereocenters. The molecule has 7 rings (SSSR count). The van der Waals surface area contributed by atoms with Crippen LogP contribution < -0.4 is 15.6 Å². The van der Waals surface area contributed by atoms with Crippen LogP contribution in [0.15, 0.2) is 113 Å². The number of benzene rings is 3. The quantitative estimate of drug-likeness (QED) is 0.173. The number of phenolic OH excluding ortho intramolecular Hbond substituents is 1. The molecule has 0 amide bonds. The number of phenols is 1. The van der Waals surface area contributed by atoms with E-state index in [2.05, 4.69) is 25.0 Å². The van der Waals surface area contributed by atoms with Crippen LogP contribution in [0.4, 0.5) is 11.5 Å². The van der Waals surface area contributed by atoms with E-state index in [-0.39, 0.29) is 16.2 Å². The molecular formula is C33H28N8O4S. The van der Waals surface area contributed by atoms with Crippen molar-refractivity contribution in [2.45, 2.75) is 24.8 Å². The monoisotopic (exact) mass is 632 g/mol. The molecule has 0 saturated carbocycles. The first-order valence-corrected chi connectivity index (χ1v) is 15.8. The van der Waals surface area contributed by atoms with Gasteiger partial charge in [0.1, 0.15) is 29.1 Å². The molecule has 0 radical (unpaired) electrons. The van der Waals surface area contributed by atoms with Crippen molar-refractivity contribution in [2.75, 3.05) is 10.0 Å². The first-order valence-electron chi connectivity index (χ1n) is 14.4. The Bertz CT molecular complexity index is 2400. The van der Waals surface area contributed by atoms with Gasteiger partial charge in [-0.2, -0.15) is 5.10 Å². The molecule has 0 saturated heterocycles. The summed E-state index contributed by atoms with van der Waals surface area (Å²) in [7, 11) is -3.90. The van der Waals surface area contributed by atoms with Crippen molar-refractivity contribution >= 4 is 38.1 Å². The molecule has 4 N–H and O–H groups in total. The lowest BCUT2D eigenvalue weighted by Crippen LogP contribution is -2.29. The van der Waals surface area contributed by atoms with Crippen molar-refractivity contribution in [1.82, 2.24) is 29.1 Å². The number of nitrogens with zero attached hydrogens (tertiary/aromatic N) is 5. The molecule has 0 fully saturated rings. The maximum atomic E-state index is 13.8. The fourth-order valence-corrected chi connectivity index (χ4v) is 6.55. The van der Waals surface area contributed by atoms with Gasteiger partial charge in [-0.25, -0.2) is 22.9 Å². The number of fused-ring (bicyclic) bond motifs is 2. The van der Waals surface area contributed by atoms with Gasteiger partial charge in [-0.05, 0) is 79.6 Å². The standard InChI is InChI=1S/C33H28N8O4S/c1-20-15-16-40-29(20)33(43)41(24-9-4-3-5-10-24)32(38-40)21(2)37-31-28-27(18-34-30(28)35-19-36-31)22-7-6-8-23(17-22)39-46(44,45)26-13-11-25(42)12-14-26/h3-19,21,39,42H,1-2H3,(H2,34,35,36,37). The van der Waals surface area contributed by atoms with E-state index in [9.17, 15) is 18.3 Å². The van der Waals surface area contributed by atoms with Crippen molar-refractivity contribution in [2.24, 2.45) is 0 Å². The first kappa shape index (κ1) is 28.8. The number of aromatic nitrogens is 6. The molecule has 12 nitrogen and oxygen atoms in total. The van der Waals surface area contributed by atoms with Crippen molar-refractivity contribution in [1.29, 1.82) is 0 Å². The van der Waals surface area contributed by atoms with Gasteiger partial charge in [0.15, 0.2) is 5.82 Å². The predicted octanol–water partition coefficient (Wildman–Crippen LogP) is 5.41. The van der Waals surface area contributed by atoms with E-state index in [1.165, 1.54) is 30.6 Å². The van der Waals surface area contributed by atoms with E-state index in [0.717, 1.165) is 11.1 Å². The molecule has 3 aromatic carbocycles. The van der Waals surface area contributed by atoms with Crippen molar-refractivity contribution in [3.8, 4) is 22.6 Å². The minimum absolute atomic E-state index is 0.0209. The Labute approximate surface area is 263 Å². The molecule has 0 aliphatic rings. The highest BCUT2D eigenvalue weighted by Gasteiger charge is 2.22. The zero-order valence-corrected chi connectivity index (χ0v) is 25.5. The highest BCUT2D eigenvalue weighted by molar-refractivity contribution is 7.92. The van der Waals surface area contributed by atoms with Crippen LogP contribution in [0.5, 0.6) is 5.75 Å². The molecule has 230 valence electrons. The maximum Gasteiger partial charge on any atom is 0.282 e. The van der Waals surface area contributed by atoms with Gasteiger partial charge in [0, 0.05) is 23.6 Å². The Hall–Kier alpha value is -5.95. The molecule has 13 heteroatoms. The molecular weight excluding hydrogens is 604 g/mol. The van der Waals surface area contributed by atoms with Gasteiger partial charge in [-0.15, -0.1) is 0 Å². The van der Waals surface area contributed by atoms with E-state index in [0.29, 0.717) is 45.1 Å². The largest absolute Gasteiger partial charge is 0.508 e. The van der Waals surface area contributed by atoms with Gasteiger partial charge >= 0.3 is 0 Å². The van der Waals surface area contributed by atoms with Gasteiger partial charge in [-0.1, -0.05) is 30.3 Å². The molecule has 0 aliphatic heterocycles. The predicted molar refractivity (Wildman–Crippen MR) is 176 cm³/mol. The molecule has 1 atom stereocenters. The van der Waals surface area contributed by atoms with Gasteiger partial charge in [0.25, 0.3) is 15.6 Å². The van der Waals surface area contributed by atoms with Crippen LogP contribution in [-0.2, 0) is 10.0 Å². The molecule has 0 bridgehead atoms. The molecule has 0 spiro atoms. The van der Waals surface area contributed by atoms with Gasteiger partial charge in [0.2, 0.25) is 0 Å². The minimum atomic E-state index is -3.90. The normalized spacial score (nSPS) is 12.4. The summed E-state index contributed by atoms with van der Waals surface area (Å²) >= 11 is 0. The summed E-state index contributed by atoms with van der Waals surface area (Å²) in [5.74, 6) is 0.955. The number of hydrogen-bond acceptors (Lipinski definition) is 8. The molecule has 4 heterocycles. The second-order valence-electron chi connectivity index (χ2n) is 10.8. The SMILES string of the molecule is Cc1ccn2nc(C(C)Nc3ncnc4[nH]cc(-c5cccc(NS(=O)(=O)c6ccc(O)cc6)c5)c34)n(-c3ccccc3)c(=O)c12. The third kappa shape index (κ3) is 5.12. The lowest BCUT2D eigenvalue weighted by molar-refractivity contribution is 0.475. The first-order chi connectivity index (χ1) is 22.2. The summed E-state index contributed by atoms with van der Waals surface area (Å²) in [6.07, 6.45) is 5.00. The van der Waals surface area contributed by atoms with Crippen LogP contribution in [0, 0.1) is 6.92 Å². The fourth-order valence-electron chi connectivity index (χ4n) is 5.50. The summed E-state index contributed by atoms with van der Waals surface area (Å²) in [6, 6.07) is 23.0. The number of nitrogens with one attached hydrogen (secondary N) is 3. The number of rotatable bonds is 8. The van der Waals surface area contributed by atoms with Crippen LogP contribution in [-0.4, -0.2) is 42.7 Å². The van der Waals surface area contributed by atoms with Crippen molar-refractivity contribution in [3.05, 3.63) is 125 Å². The average molecular weight is 633 g/mol. The van der Waals surface area contributed by atoms with Gasteiger partial charge < -0.3 is 15.4 Å². The zero-order valence-electron chi connectivity index (χ0n) is 24.7. The summed E-state index contributed by atoms with van der Waals surface area (Å²) in [5, 5.41) is 18.5. The average Bonchev–Trinajstić information content (AvgIpc) is 3.66. The molecule has 46 heavy (non-hydrogen) atoms. The molecule has 7 aromatic rings. The number of para-hydroxylation sites is 1. The Morgan fingerprint density at radius 2 is 1.74 bits per heavy atom. The maximum absolute atomic E-state index is 13.8. The molecule has 4 aromatic heterocycles. The lowest BCUT2D eigenvalue weighted by Gasteiger charge is -2.20. The van der Waals surface area contributed by atoms with Crippen LogP contribution >= 0.6 is 0 Å². The number of H-pyrrole nitrogens is 1. The van der Waals surface area contributed by atoms with Gasteiger partial charge in [-0.3, -0.25) is 14.1 Å². The zero-order chi connectivity index (χ0) is 32.0. The summed E-state index contributed by atoms with van der Waals surface area (Å²) in [6.45, 7) is 3.79. The van der Waals surface area contributed by atoms with Crippen LogP contribution in [0.2, 0.25) is 0 Å². The molecule has 0 aliphatic carbocycles. The minimum Gasteiger partial charge on any atom is -0.508 e. The van der Waals surface area contributed by atoms with E-state index >= 15 is 0 Å². The van der Waals surface area contributed by atoms with Crippen LogP contribution in [0.3, 0.4) is 0 Å². The number of hydrogen-bond donors (Lipinski definition) is 4. The van der Waals surface area contributed by atoms with Crippen LogP contribution in [0.1, 0.15) is 24.4 Å². The van der Waals surface area contributed by atoms with Crippen molar-refractivity contribution < 1.29 is 13.5 Å². The van der Waals surface area contributed by atoms with E-state index in [4.69, 9.17) is 5.10 Å². The smallest absolute Gasteiger partial charge is 0.282 e. The van der Waals surface area contributed by atoms with Crippen LogP contribution in [0.25, 0.3) is 33.4 Å².